The van der Waals surface area contributed by atoms with E-state index in [9.17, 15) is 28.3 Å². The van der Waals surface area contributed by atoms with E-state index in [1.807, 2.05) is 0 Å². The van der Waals surface area contributed by atoms with Gasteiger partial charge in [-0.05, 0) is 36.8 Å². The minimum Gasteiger partial charge on any atom is -0.505 e. The number of carbonyl (C=O) groups is 2. The smallest absolute Gasteiger partial charge is 0.326 e. The molecule has 0 spiro atoms. The average Bonchev–Trinajstić information content (AvgIpc) is 2.75. The molecule has 0 saturated heterocycles. The van der Waals surface area contributed by atoms with Crippen molar-refractivity contribution in [3.05, 3.63) is 76.2 Å². The fraction of sp³-hybridized carbons (Fsp3) is 0.174. The van der Waals surface area contributed by atoms with Crippen molar-refractivity contribution in [2.75, 3.05) is 11.4 Å². The molecule has 8 nitrogen and oxygen atoms in total. The molecule has 0 radical (unpaired) electrons. The number of urea groups is 1. The lowest BCUT2D eigenvalue weighted by Crippen LogP contribution is -2.41. The number of rotatable bonds is 6. The predicted octanol–water partition coefficient (Wildman–Crippen LogP) is 3.67. The Morgan fingerprint density at radius 1 is 1.12 bits per heavy atom. The maximum atomic E-state index is 14.3. The number of carbonyl (C=O) groups excluding carboxylic acids is 1. The van der Waals surface area contributed by atoms with Crippen LogP contribution in [0.25, 0.3) is 11.1 Å². The lowest BCUT2D eigenvalue weighted by molar-refractivity contribution is -0.136. The van der Waals surface area contributed by atoms with Gasteiger partial charge in [-0.1, -0.05) is 18.2 Å². The van der Waals surface area contributed by atoms with Crippen molar-refractivity contribution in [3.8, 4) is 16.9 Å². The van der Waals surface area contributed by atoms with Crippen LogP contribution < -0.4 is 15.8 Å². The molecule has 1 aromatic heterocycles. The molecule has 33 heavy (non-hydrogen) atoms. The Bertz CT molecular complexity index is 1270. The Morgan fingerprint density at radius 2 is 1.76 bits per heavy atom. The zero-order valence-corrected chi connectivity index (χ0v) is 17.8. The molecule has 0 atom stereocenters. The van der Waals surface area contributed by atoms with E-state index in [1.165, 1.54) is 55.1 Å². The number of anilines is 2. The van der Waals surface area contributed by atoms with E-state index in [0.717, 1.165) is 17.0 Å². The minimum atomic E-state index is -1.15. The fourth-order valence-electron chi connectivity index (χ4n) is 3.34. The van der Waals surface area contributed by atoms with Gasteiger partial charge in [0.1, 0.15) is 17.4 Å². The van der Waals surface area contributed by atoms with E-state index in [-0.39, 0.29) is 29.8 Å². The molecule has 0 saturated carbocycles. The highest BCUT2D eigenvalue weighted by atomic mass is 19.1. The second-order valence-electron chi connectivity index (χ2n) is 7.28. The number of nitrogens with zero attached hydrogens (tertiary/aromatic N) is 2. The van der Waals surface area contributed by atoms with Crippen LogP contribution in [-0.4, -0.2) is 33.3 Å². The van der Waals surface area contributed by atoms with E-state index < -0.39 is 40.6 Å². The first kappa shape index (κ1) is 23.5. The first-order valence-corrected chi connectivity index (χ1v) is 9.85. The lowest BCUT2D eigenvalue weighted by atomic mass is 10.0. The van der Waals surface area contributed by atoms with Crippen LogP contribution in [0.1, 0.15) is 12.0 Å². The molecule has 10 heteroatoms. The van der Waals surface area contributed by atoms with Crippen molar-refractivity contribution in [1.82, 2.24) is 9.88 Å². The van der Waals surface area contributed by atoms with Gasteiger partial charge in [0.15, 0.2) is 5.69 Å². The summed E-state index contributed by atoms with van der Waals surface area (Å²) >= 11 is 0. The van der Waals surface area contributed by atoms with Gasteiger partial charge in [0.2, 0.25) is 0 Å². The van der Waals surface area contributed by atoms with E-state index in [4.69, 9.17) is 5.11 Å². The number of nitrogens with one attached hydrogen (secondary N) is 1. The molecule has 2 amide bonds. The van der Waals surface area contributed by atoms with Crippen molar-refractivity contribution >= 4 is 23.4 Å². The average molecular weight is 457 g/mol. The maximum absolute atomic E-state index is 14.3. The number of hydrogen-bond acceptors (Lipinski definition) is 4. The standard InChI is InChI=1S/C23H21F2N3O5/c1-13-12-27(2)22(32)20(21(13)31)28(23(33)26-10-9-18(29)30)15-6-3-5-14(11-15)19-16(24)7-4-8-17(19)25/h3-8,11-12,31H,9-10H2,1-2H3,(H,26,33)(H,29,30). The molecule has 3 aromatic rings. The van der Waals surface area contributed by atoms with Gasteiger partial charge in [0.05, 0.1) is 17.7 Å². The summed E-state index contributed by atoms with van der Waals surface area (Å²) in [5.41, 5.74) is -1.01. The Labute approximate surface area is 187 Å². The van der Waals surface area contributed by atoms with Gasteiger partial charge < -0.3 is 20.1 Å². The van der Waals surface area contributed by atoms with Gasteiger partial charge >= 0.3 is 12.0 Å². The maximum Gasteiger partial charge on any atom is 0.326 e. The highest BCUT2D eigenvalue weighted by molar-refractivity contribution is 6.01. The van der Waals surface area contributed by atoms with Crippen LogP contribution in [0.3, 0.4) is 0 Å². The molecule has 0 aliphatic rings. The van der Waals surface area contributed by atoms with Gasteiger partial charge in [-0.2, -0.15) is 0 Å². The number of halogens is 2. The minimum absolute atomic E-state index is 0.0287. The number of aromatic nitrogens is 1. The van der Waals surface area contributed by atoms with Gasteiger partial charge in [-0.3, -0.25) is 14.5 Å². The number of amides is 2. The second-order valence-corrected chi connectivity index (χ2v) is 7.28. The highest BCUT2D eigenvalue weighted by Crippen LogP contribution is 2.35. The molecular weight excluding hydrogens is 436 g/mol. The quantitative estimate of drug-likeness (QED) is 0.523. The molecule has 2 aromatic carbocycles. The number of hydrogen-bond donors (Lipinski definition) is 3. The molecule has 3 rings (SSSR count). The molecule has 0 aliphatic carbocycles. The van der Waals surface area contributed by atoms with E-state index in [0.29, 0.717) is 5.56 Å². The largest absolute Gasteiger partial charge is 0.505 e. The van der Waals surface area contributed by atoms with Crippen molar-refractivity contribution < 1.29 is 28.6 Å². The first-order valence-electron chi connectivity index (χ1n) is 9.85. The number of carboxylic acid groups (broad SMARTS) is 1. The van der Waals surface area contributed by atoms with Crippen LogP contribution >= 0.6 is 0 Å². The molecule has 172 valence electrons. The van der Waals surface area contributed by atoms with Gasteiger partial charge in [-0.15, -0.1) is 0 Å². The van der Waals surface area contributed by atoms with Crippen molar-refractivity contribution in [2.45, 2.75) is 13.3 Å². The summed E-state index contributed by atoms with van der Waals surface area (Å²) in [6.45, 7) is 1.28. The number of pyridine rings is 1. The second kappa shape index (κ2) is 9.51. The Hall–Kier alpha value is -4.21. The summed E-state index contributed by atoms with van der Waals surface area (Å²) in [6.07, 6.45) is 1.00. The lowest BCUT2D eigenvalue weighted by Gasteiger charge is -2.25. The summed E-state index contributed by atoms with van der Waals surface area (Å²) in [7, 11) is 1.43. The summed E-state index contributed by atoms with van der Waals surface area (Å²) in [5, 5.41) is 21.9. The van der Waals surface area contributed by atoms with Crippen molar-refractivity contribution in [3.63, 3.8) is 0 Å². The summed E-state index contributed by atoms with van der Waals surface area (Å²) < 4.78 is 29.9. The van der Waals surface area contributed by atoms with Crippen LogP contribution in [0.4, 0.5) is 25.0 Å². The Balaban J connectivity index is 2.19. The zero-order chi connectivity index (χ0) is 24.3. The van der Waals surface area contributed by atoms with E-state index >= 15 is 0 Å². The summed E-state index contributed by atoms with van der Waals surface area (Å²) in [4.78, 5) is 37.6. The Kier molecular flexibility index (Phi) is 6.76. The number of carboxylic acids is 1. The molecule has 0 fully saturated rings. The number of aryl methyl sites for hydroxylation is 2. The van der Waals surface area contributed by atoms with E-state index in [1.54, 1.807) is 0 Å². The monoisotopic (exact) mass is 457 g/mol. The molecule has 0 unspecified atom stereocenters. The SMILES string of the molecule is Cc1cn(C)c(=O)c(N(C(=O)NCCC(=O)O)c2cccc(-c3c(F)cccc3F)c2)c1O. The molecule has 1 heterocycles. The van der Waals surface area contributed by atoms with E-state index in [2.05, 4.69) is 5.32 Å². The molecule has 0 bridgehead atoms. The molecule has 0 aliphatic heterocycles. The van der Waals surface area contributed by atoms with Gasteiger partial charge in [-0.25, -0.2) is 13.6 Å². The van der Waals surface area contributed by atoms with Crippen LogP contribution in [-0.2, 0) is 11.8 Å². The summed E-state index contributed by atoms with van der Waals surface area (Å²) in [6, 6.07) is 8.06. The van der Waals surface area contributed by atoms with Crippen molar-refractivity contribution in [2.24, 2.45) is 7.05 Å². The predicted molar refractivity (Wildman–Crippen MR) is 118 cm³/mol. The highest BCUT2D eigenvalue weighted by Gasteiger charge is 2.27. The number of aliphatic carboxylic acids is 1. The zero-order valence-electron chi connectivity index (χ0n) is 17.8. The van der Waals surface area contributed by atoms with Crippen molar-refractivity contribution in [1.29, 1.82) is 0 Å². The molecular formula is C23H21F2N3O5. The number of aromatic hydroxyl groups is 1. The number of benzene rings is 2. The van der Waals surface area contributed by atoms with Crippen LogP contribution in [0.2, 0.25) is 0 Å². The van der Waals surface area contributed by atoms with Crippen LogP contribution in [0.5, 0.6) is 5.75 Å². The van der Waals surface area contributed by atoms with Gasteiger partial charge in [0.25, 0.3) is 5.56 Å². The first-order chi connectivity index (χ1) is 15.6. The third kappa shape index (κ3) is 4.84. The fourth-order valence-corrected chi connectivity index (χ4v) is 3.34. The van der Waals surface area contributed by atoms with Crippen LogP contribution in [0, 0.1) is 18.6 Å². The van der Waals surface area contributed by atoms with Gasteiger partial charge in [0, 0.05) is 25.4 Å². The molecule has 3 N–H and O–H groups in total. The Morgan fingerprint density at radius 3 is 2.39 bits per heavy atom. The normalized spacial score (nSPS) is 10.7. The third-order valence-electron chi connectivity index (χ3n) is 4.91. The summed E-state index contributed by atoms with van der Waals surface area (Å²) in [5.74, 6) is -3.25. The van der Waals surface area contributed by atoms with Crippen LogP contribution in [0.15, 0.2) is 53.5 Å². The third-order valence-corrected chi connectivity index (χ3v) is 4.91. The topological polar surface area (TPSA) is 112 Å².